The SMILES string of the molecule is CCCCc1cccc(-c2ccccc2)c1C(=O)Cl. The number of rotatable bonds is 5. The summed E-state index contributed by atoms with van der Waals surface area (Å²) in [6, 6.07) is 15.9. The smallest absolute Gasteiger partial charge is 0.253 e. The molecule has 2 aromatic rings. The maximum atomic E-state index is 11.8. The van der Waals surface area contributed by atoms with Gasteiger partial charge in [0.2, 0.25) is 0 Å². The van der Waals surface area contributed by atoms with Gasteiger partial charge in [0.1, 0.15) is 0 Å². The minimum absolute atomic E-state index is 0.370. The van der Waals surface area contributed by atoms with Gasteiger partial charge < -0.3 is 0 Å². The van der Waals surface area contributed by atoms with Gasteiger partial charge in [-0.25, -0.2) is 0 Å². The molecule has 0 fully saturated rings. The summed E-state index contributed by atoms with van der Waals surface area (Å²) >= 11 is 5.80. The van der Waals surface area contributed by atoms with Crippen molar-refractivity contribution in [3.63, 3.8) is 0 Å². The Morgan fingerprint density at radius 3 is 2.42 bits per heavy atom. The Bertz CT molecular complexity index is 561. The molecule has 0 N–H and O–H groups in total. The number of carbonyl (C=O) groups is 1. The number of unbranched alkanes of at least 4 members (excludes halogenated alkanes) is 1. The maximum absolute atomic E-state index is 11.8. The molecule has 0 aliphatic rings. The van der Waals surface area contributed by atoms with Crippen molar-refractivity contribution >= 4 is 16.8 Å². The van der Waals surface area contributed by atoms with Crippen molar-refractivity contribution in [3.8, 4) is 11.1 Å². The molecule has 0 radical (unpaired) electrons. The van der Waals surface area contributed by atoms with E-state index in [0.717, 1.165) is 36.0 Å². The van der Waals surface area contributed by atoms with E-state index in [0.29, 0.717) is 5.56 Å². The number of hydrogen-bond donors (Lipinski definition) is 0. The molecular weight excluding hydrogens is 256 g/mol. The van der Waals surface area contributed by atoms with E-state index in [1.54, 1.807) is 0 Å². The van der Waals surface area contributed by atoms with Crippen LogP contribution in [0.1, 0.15) is 35.7 Å². The van der Waals surface area contributed by atoms with E-state index < -0.39 is 0 Å². The molecule has 0 unspecified atom stereocenters. The third kappa shape index (κ3) is 3.24. The monoisotopic (exact) mass is 272 g/mol. The molecule has 19 heavy (non-hydrogen) atoms. The zero-order chi connectivity index (χ0) is 13.7. The van der Waals surface area contributed by atoms with Crippen LogP contribution >= 0.6 is 11.6 Å². The molecule has 2 aromatic carbocycles. The Labute approximate surface area is 119 Å². The van der Waals surface area contributed by atoms with Gasteiger partial charge in [-0.1, -0.05) is 61.9 Å². The van der Waals surface area contributed by atoms with Crippen LogP contribution in [0.4, 0.5) is 0 Å². The van der Waals surface area contributed by atoms with Crippen molar-refractivity contribution in [1.82, 2.24) is 0 Å². The summed E-state index contributed by atoms with van der Waals surface area (Å²) in [4.78, 5) is 11.8. The molecule has 0 amide bonds. The van der Waals surface area contributed by atoms with Gasteiger partial charge in [0.15, 0.2) is 0 Å². The lowest BCUT2D eigenvalue weighted by atomic mass is 9.94. The van der Waals surface area contributed by atoms with Crippen LogP contribution in [0.25, 0.3) is 11.1 Å². The van der Waals surface area contributed by atoms with Gasteiger partial charge in [-0.05, 0) is 41.1 Å². The molecule has 0 aromatic heterocycles. The molecule has 2 rings (SSSR count). The van der Waals surface area contributed by atoms with Gasteiger partial charge in [0.25, 0.3) is 5.24 Å². The highest BCUT2D eigenvalue weighted by atomic mass is 35.5. The summed E-state index contributed by atoms with van der Waals surface area (Å²) in [5.74, 6) is 0. The molecule has 0 aliphatic heterocycles. The van der Waals surface area contributed by atoms with Gasteiger partial charge in [-0.2, -0.15) is 0 Å². The normalized spacial score (nSPS) is 10.4. The van der Waals surface area contributed by atoms with Crippen LogP contribution in [-0.2, 0) is 6.42 Å². The first-order chi connectivity index (χ1) is 9.24. The number of carbonyl (C=O) groups excluding carboxylic acids is 1. The second-order valence-electron chi connectivity index (χ2n) is 4.58. The Morgan fingerprint density at radius 2 is 1.79 bits per heavy atom. The fraction of sp³-hybridized carbons (Fsp3) is 0.235. The predicted octanol–water partition coefficient (Wildman–Crippen LogP) is 5.08. The standard InChI is InChI=1S/C17H17ClO/c1-2-3-8-14-11-7-12-15(16(14)17(18)19)13-9-5-4-6-10-13/h4-7,9-12H,2-3,8H2,1H3. The molecule has 1 nitrogen and oxygen atoms in total. The lowest BCUT2D eigenvalue weighted by molar-refractivity contribution is 0.108. The quantitative estimate of drug-likeness (QED) is 0.694. The van der Waals surface area contributed by atoms with Crippen molar-refractivity contribution in [3.05, 3.63) is 59.7 Å². The summed E-state index contributed by atoms with van der Waals surface area (Å²) in [7, 11) is 0. The number of hydrogen-bond acceptors (Lipinski definition) is 1. The molecule has 0 aliphatic carbocycles. The third-order valence-electron chi connectivity index (χ3n) is 3.23. The Kier molecular flexibility index (Phi) is 4.75. The largest absolute Gasteiger partial charge is 0.276 e. The van der Waals surface area contributed by atoms with E-state index in [9.17, 15) is 4.79 Å². The maximum Gasteiger partial charge on any atom is 0.253 e. The predicted molar refractivity (Wildman–Crippen MR) is 80.7 cm³/mol. The second kappa shape index (κ2) is 6.53. The number of aryl methyl sites for hydroxylation is 1. The Balaban J connectivity index is 2.52. The minimum atomic E-state index is -0.370. The van der Waals surface area contributed by atoms with Crippen molar-refractivity contribution in [2.45, 2.75) is 26.2 Å². The van der Waals surface area contributed by atoms with Crippen LogP contribution in [0.3, 0.4) is 0 Å². The molecule has 0 atom stereocenters. The van der Waals surface area contributed by atoms with Crippen LogP contribution in [0, 0.1) is 0 Å². The first-order valence-electron chi connectivity index (χ1n) is 6.61. The molecule has 0 saturated heterocycles. The van der Waals surface area contributed by atoms with Gasteiger partial charge in [0.05, 0.1) is 0 Å². The summed E-state index contributed by atoms with van der Waals surface area (Å²) < 4.78 is 0. The van der Waals surface area contributed by atoms with Gasteiger partial charge >= 0.3 is 0 Å². The third-order valence-corrected chi connectivity index (χ3v) is 3.42. The Hall–Kier alpha value is -1.60. The average Bonchev–Trinajstić information content (AvgIpc) is 2.45. The minimum Gasteiger partial charge on any atom is -0.276 e. The summed E-state index contributed by atoms with van der Waals surface area (Å²) in [6.07, 6.45) is 3.06. The van der Waals surface area contributed by atoms with Crippen LogP contribution < -0.4 is 0 Å². The van der Waals surface area contributed by atoms with Crippen molar-refractivity contribution in [1.29, 1.82) is 0 Å². The molecule has 2 heteroatoms. The fourth-order valence-corrected chi connectivity index (χ4v) is 2.49. The molecular formula is C17H17ClO. The molecule has 0 bridgehead atoms. The zero-order valence-electron chi connectivity index (χ0n) is 11.0. The first kappa shape index (κ1) is 13.8. The fourth-order valence-electron chi connectivity index (χ4n) is 2.27. The Morgan fingerprint density at radius 1 is 1.05 bits per heavy atom. The van der Waals surface area contributed by atoms with E-state index >= 15 is 0 Å². The highest BCUT2D eigenvalue weighted by Gasteiger charge is 2.15. The highest BCUT2D eigenvalue weighted by Crippen LogP contribution is 2.28. The second-order valence-corrected chi connectivity index (χ2v) is 4.93. The number of benzene rings is 2. The lowest BCUT2D eigenvalue weighted by Gasteiger charge is -2.11. The first-order valence-corrected chi connectivity index (χ1v) is 6.99. The topological polar surface area (TPSA) is 17.1 Å². The van der Waals surface area contributed by atoms with E-state index in [-0.39, 0.29) is 5.24 Å². The summed E-state index contributed by atoms with van der Waals surface area (Å²) in [5.41, 5.74) is 3.66. The van der Waals surface area contributed by atoms with Crippen molar-refractivity contribution in [2.75, 3.05) is 0 Å². The van der Waals surface area contributed by atoms with E-state index in [2.05, 4.69) is 6.92 Å². The number of halogens is 1. The molecule has 0 spiro atoms. The van der Waals surface area contributed by atoms with Crippen LogP contribution in [-0.4, -0.2) is 5.24 Å². The summed E-state index contributed by atoms with van der Waals surface area (Å²) in [5, 5.41) is -0.370. The molecule has 0 heterocycles. The van der Waals surface area contributed by atoms with Crippen molar-refractivity contribution in [2.24, 2.45) is 0 Å². The van der Waals surface area contributed by atoms with E-state index in [1.807, 2.05) is 48.5 Å². The van der Waals surface area contributed by atoms with Crippen LogP contribution in [0.5, 0.6) is 0 Å². The van der Waals surface area contributed by atoms with Gasteiger partial charge in [0, 0.05) is 5.56 Å². The summed E-state index contributed by atoms with van der Waals surface area (Å²) in [6.45, 7) is 2.14. The van der Waals surface area contributed by atoms with E-state index in [4.69, 9.17) is 11.6 Å². The highest BCUT2D eigenvalue weighted by molar-refractivity contribution is 6.68. The zero-order valence-corrected chi connectivity index (χ0v) is 11.8. The van der Waals surface area contributed by atoms with Crippen molar-refractivity contribution < 1.29 is 4.79 Å². The average molecular weight is 273 g/mol. The van der Waals surface area contributed by atoms with E-state index in [1.165, 1.54) is 0 Å². The van der Waals surface area contributed by atoms with Gasteiger partial charge in [-0.15, -0.1) is 0 Å². The lowest BCUT2D eigenvalue weighted by Crippen LogP contribution is -2.01. The molecule has 0 saturated carbocycles. The van der Waals surface area contributed by atoms with Gasteiger partial charge in [-0.3, -0.25) is 4.79 Å². The van der Waals surface area contributed by atoms with Crippen LogP contribution in [0.2, 0.25) is 0 Å². The van der Waals surface area contributed by atoms with Crippen LogP contribution in [0.15, 0.2) is 48.5 Å². The molecule has 98 valence electrons.